The van der Waals surface area contributed by atoms with Gasteiger partial charge in [0.1, 0.15) is 0 Å². The van der Waals surface area contributed by atoms with Crippen molar-refractivity contribution in [2.24, 2.45) is 12.0 Å². The van der Waals surface area contributed by atoms with E-state index in [1.165, 1.54) is 16.7 Å². The van der Waals surface area contributed by atoms with Crippen LogP contribution in [-0.4, -0.2) is 71.9 Å². The standard InChI is InChI=1S/C24H39N7.HI/c1-6-25-24(26-16-23(29(3)4)21-15-27-30(5)17-21)28-22-11-13-31(14-12-22)18-20-10-8-7-9-19(20)2;/h7-10,15,17,22-23H,6,11-14,16,18H2,1-5H3,(H2,25,26,28);1H. The van der Waals surface area contributed by atoms with Crippen molar-refractivity contribution in [3.05, 3.63) is 53.3 Å². The Hall–Kier alpha value is -1.65. The molecule has 1 aliphatic rings. The SMILES string of the molecule is CCNC(=NCC(c1cnn(C)c1)N(C)C)NC1CCN(Cc2ccccc2C)CC1.I. The molecule has 0 saturated carbocycles. The number of aryl methyl sites for hydroxylation is 2. The van der Waals surface area contributed by atoms with Gasteiger partial charge in [0.25, 0.3) is 0 Å². The van der Waals surface area contributed by atoms with Gasteiger partial charge in [-0.2, -0.15) is 5.10 Å². The van der Waals surface area contributed by atoms with Gasteiger partial charge >= 0.3 is 0 Å². The first-order valence-electron chi connectivity index (χ1n) is 11.4. The van der Waals surface area contributed by atoms with Crippen molar-refractivity contribution >= 4 is 29.9 Å². The number of benzene rings is 1. The average molecular weight is 554 g/mol. The summed E-state index contributed by atoms with van der Waals surface area (Å²) in [5.74, 6) is 0.913. The molecule has 2 aromatic rings. The maximum Gasteiger partial charge on any atom is 0.191 e. The third-order valence-corrected chi connectivity index (χ3v) is 6.08. The zero-order chi connectivity index (χ0) is 22.2. The monoisotopic (exact) mass is 553 g/mol. The number of likely N-dealkylation sites (N-methyl/N-ethyl adjacent to an activating group) is 1. The van der Waals surface area contributed by atoms with Gasteiger partial charge in [-0.05, 0) is 51.9 Å². The topological polar surface area (TPSA) is 60.7 Å². The molecule has 3 rings (SSSR count). The van der Waals surface area contributed by atoms with Crippen LogP contribution in [0.5, 0.6) is 0 Å². The first-order chi connectivity index (χ1) is 15.0. The summed E-state index contributed by atoms with van der Waals surface area (Å²) in [5, 5.41) is 11.4. The number of aromatic nitrogens is 2. The van der Waals surface area contributed by atoms with Crippen molar-refractivity contribution in [3.8, 4) is 0 Å². The molecule has 1 saturated heterocycles. The van der Waals surface area contributed by atoms with E-state index in [9.17, 15) is 0 Å². The van der Waals surface area contributed by atoms with Gasteiger partial charge in [-0.25, -0.2) is 0 Å². The largest absolute Gasteiger partial charge is 0.357 e. The van der Waals surface area contributed by atoms with E-state index in [1.807, 2.05) is 17.9 Å². The predicted molar refractivity (Wildman–Crippen MR) is 144 cm³/mol. The Morgan fingerprint density at radius 3 is 2.56 bits per heavy atom. The fourth-order valence-corrected chi connectivity index (χ4v) is 4.13. The molecule has 8 heteroatoms. The second-order valence-electron chi connectivity index (χ2n) is 8.77. The van der Waals surface area contributed by atoms with Gasteiger partial charge in [-0.15, -0.1) is 24.0 Å². The molecule has 0 spiro atoms. The van der Waals surface area contributed by atoms with E-state index in [1.54, 1.807) is 0 Å². The van der Waals surface area contributed by atoms with Crippen molar-refractivity contribution in [1.29, 1.82) is 0 Å². The van der Waals surface area contributed by atoms with Gasteiger partial charge in [-0.3, -0.25) is 14.6 Å². The van der Waals surface area contributed by atoms with E-state index in [2.05, 4.69) is 83.9 Å². The zero-order valence-electron chi connectivity index (χ0n) is 20.2. The minimum absolute atomic E-state index is 0. The van der Waals surface area contributed by atoms with Crippen molar-refractivity contribution in [1.82, 2.24) is 30.2 Å². The fraction of sp³-hybridized carbons (Fsp3) is 0.583. The summed E-state index contributed by atoms with van der Waals surface area (Å²) in [5.41, 5.74) is 4.01. The van der Waals surface area contributed by atoms with Crippen LogP contribution in [0.15, 0.2) is 41.7 Å². The summed E-state index contributed by atoms with van der Waals surface area (Å²) in [7, 11) is 6.14. The Labute approximate surface area is 210 Å². The van der Waals surface area contributed by atoms with Crippen LogP contribution >= 0.6 is 24.0 Å². The molecule has 2 heterocycles. The maximum atomic E-state index is 4.92. The number of aliphatic imine (C=N–C) groups is 1. The highest BCUT2D eigenvalue weighted by atomic mass is 127. The first kappa shape index (κ1) is 26.6. The number of halogens is 1. The van der Waals surface area contributed by atoms with Gasteiger partial charge in [0.2, 0.25) is 0 Å². The summed E-state index contributed by atoms with van der Waals surface area (Å²) in [4.78, 5) is 9.68. The lowest BCUT2D eigenvalue weighted by molar-refractivity contribution is 0.198. The Bertz CT molecular complexity index is 840. The molecule has 0 bridgehead atoms. The molecule has 0 aliphatic carbocycles. The van der Waals surface area contributed by atoms with E-state index >= 15 is 0 Å². The van der Waals surface area contributed by atoms with Crippen LogP contribution in [0.25, 0.3) is 0 Å². The van der Waals surface area contributed by atoms with Gasteiger partial charge in [-0.1, -0.05) is 24.3 Å². The minimum atomic E-state index is 0. The van der Waals surface area contributed by atoms with Crippen molar-refractivity contribution in [2.75, 3.05) is 40.3 Å². The summed E-state index contributed by atoms with van der Waals surface area (Å²) in [6.45, 7) is 9.14. The van der Waals surface area contributed by atoms with E-state index in [0.29, 0.717) is 12.6 Å². The number of rotatable bonds is 8. The summed E-state index contributed by atoms with van der Waals surface area (Å²) in [6, 6.07) is 9.38. The summed E-state index contributed by atoms with van der Waals surface area (Å²) < 4.78 is 1.85. The van der Waals surface area contributed by atoms with Crippen LogP contribution in [0.3, 0.4) is 0 Å². The normalized spacial score (nSPS) is 16.6. The van der Waals surface area contributed by atoms with Gasteiger partial charge in [0.15, 0.2) is 5.96 Å². The van der Waals surface area contributed by atoms with Crippen LogP contribution in [0.2, 0.25) is 0 Å². The van der Waals surface area contributed by atoms with Crippen LogP contribution < -0.4 is 10.6 Å². The van der Waals surface area contributed by atoms with Gasteiger partial charge in [0, 0.05) is 51.0 Å². The number of guanidine groups is 1. The zero-order valence-corrected chi connectivity index (χ0v) is 22.5. The third kappa shape index (κ3) is 7.74. The highest BCUT2D eigenvalue weighted by Crippen LogP contribution is 2.18. The van der Waals surface area contributed by atoms with Gasteiger partial charge in [0.05, 0.1) is 18.8 Å². The van der Waals surface area contributed by atoms with E-state index in [0.717, 1.165) is 45.0 Å². The predicted octanol–water partition coefficient (Wildman–Crippen LogP) is 3.17. The number of piperidine rings is 1. The van der Waals surface area contributed by atoms with Crippen LogP contribution in [-0.2, 0) is 13.6 Å². The van der Waals surface area contributed by atoms with E-state index in [-0.39, 0.29) is 30.0 Å². The molecule has 2 N–H and O–H groups in total. The van der Waals surface area contributed by atoms with Gasteiger partial charge < -0.3 is 15.5 Å². The molecular weight excluding hydrogens is 513 g/mol. The highest BCUT2D eigenvalue weighted by Gasteiger charge is 2.21. The summed E-state index contributed by atoms with van der Waals surface area (Å²) in [6.07, 6.45) is 6.28. The number of hydrogen-bond acceptors (Lipinski definition) is 4. The molecule has 1 aliphatic heterocycles. The van der Waals surface area contributed by atoms with E-state index in [4.69, 9.17) is 4.99 Å². The molecule has 7 nitrogen and oxygen atoms in total. The quantitative estimate of drug-likeness (QED) is 0.299. The smallest absolute Gasteiger partial charge is 0.191 e. The maximum absolute atomic E-state index is 4.92. The molecule has 1 aromatic carbocycles. The lowest BCUT2D eigenvalue weighted by Crippen LogP contribution is -2.48. The molecule has 32 heavy (non-hydrogen) atoms. The average Bonchev–Trinajstić information content (AvgIpc) is 3.17. The lowest BCUT2D eigenvalue weighted by atomic mass is 10.0. The molecular formula is C24H40IN7. The Balaban J connectivity index is 0.00000363. The molecule has 1 unspecified atom stereocenters. The molecule has 1 fully saturated rings. The number of hydrogen-bond donors (Lipinski definition) is 2. The molecule has 1 aromatic heterocycles. The molecule has 1 atom stereocenters. The number of nitrogens with zero attached hydrogens (tertiary/aromatic N) is 5. The highest BCUT2D eigenvalue weighted by molar-refractivity contribution is 14.0. The third-order valence-electron chi connectivity index (χ3n) is 6.08. The second kappa shape index (κ2) is 13.2. The Kier molecular flexibility index (Phi) is 10.9. The van der Waals surface area contributed by atoms with Crippen molar-refractivity contribution in [2.45, 2.75) is 45.3 Å². The van der Waals surface area contributed by atoms with Crippen LogP contribution in [0.4, 0.5) is 0 Å². The summed E-state index contributed by atoms with van der Waals surface area (Å²) >= 11 is 0. The Morgan fingerprint density at radius 2 is 1.97 bits per heavy atom. The second-order valence-corrected chi connectivity index (χ2v) is 8.77. The van der Waals surface area contributed by atoms with Crippen LogP contribution in [0, 0.1) is 6.92 Å². The minimum Gasteiger partial charge on any atom is -0.357 e. The Morgan fingerprint density at radius 1 is 1.25 bits per heavy atom. The molecule has 0 amide bonds. The lowest BCUT2D eigenvalue weighted by Gasteiger charge is -2.33. The fourth-order valence-electron chi connectivity index (χ4n) is 4.13. The molecule has 0 radical (unpaired) electrons. The first-order valence-corrected chi connectivity index (χ1v) is 11.4. The van der Waals surface area contributed by atoms with Crippen molar-refractivity contribution < 1.29 is 0 Å². The number of nitrogens with one attached hydrogen (secondary N) is 2. The van der Waals surface area contributed by atoms with E-state index < -0.39 is 0 Å². The van der Waals surface area contributed by atoms with Crippen molar-refractivity contribution in [3.63, 3.8) is 0 Å². The number of likely N-dealkylation sites (tertiary alicyclic amines) is 1. The van der Waals surface area contributed by atoms with Crippen LogP contribution in [0.1, 0.15) is 42.5 Å². The molecule has 178 valence electrons.